The van der Waals surface area contributed by atoms with Crippen LogP contribution < -0.4 is 15.4 Å². The van der Waals surface area contributed by atoms with Crippen molar-refractivity contribution in [2.45, 2.75) is 19.9 Å². The number of nitrogens with one attached hydrogen (secondary N) is 3. The van der Waals surface area contributed by atoms with Gasteiger partial charge in [0.2, 0.25) is 0 Å². The van der Waals surface area contributed by atoms with Crippen molar-refractivity contribution < 1.29 is 9.47 Å². The van der Waals surface area contributed by atoms with Gasteiger partial charge in [-0.05, 0) is 42.7 Å². The number of ether oxygens (including phenoxy) is 2. The zero-order chi connectivity index (χ0) is 22.7. The first-order valence-corrected chi connectivity index (χ1v) is 11.9. The van der Waals surface area contributed by atoms with Crippen molar-refractivity contribution in [3.8, 4) is 5.75 Å². The van der Waals surface area contributed by atoms with E-state index in [9.17, 15) is 0 Å². The second-order valence-corrected chi connectivity index (χ2v) is 8.18. The summed E-state index contributed by atoms with van der Waals surface area (Å²) in [6, 6.07) is 16.6. The van der Waals surface area contributed by atoms with Gasteiger partial charge in [-0.25, -0.2) is 4.99 Å². The highest BCUT2D eigenvalue weighted by Crippen LogP contribution is 2.18. The predicted molar refractivity (Wildman–Crippen MR) is 149 cm³/mol. The molecule has 1 fully saturated rings. The van der Waals surface area contributed by atoms with Crippen molar-refractivity contribution in [3.63, 3.8) is 0 Å². The highest BCUT2D eigenvalue weighted by molar-refractivity contribution is 14.0. The molecule has 1 aromatic heterocycles. The summed E-state index contributed by atoms with van der Waals surface area (Å²) in [5.41, 5.74) is 3.63. The van der Waals surface area contributed by atoms with Crippen LogP contribution in [0.15, 0.2) is 59.7 Å². The van der Waals surface area contributed by atoms with Gasteiger partial charge in [-0.15, -0.1) is 24.0 Å². The van der Waals surface area contributed by atoms with Gasteiger partial charge >= 0.3 is 0 Å². The van der Waals surface area contributed by atoms with E-state index in [1.165, 1.54) is 16.5 Å². The molecular formula is C26H36IN5O2. The lowest BCUT2D eigenvalue weighted by molar-refractivity contribution is 0.0322. The number of fused-ring (bicyclic) bond motifs is 1. The molecule has 4 rings (SSSR count). The first kappa shape index (κ1) is 26.3. The van der Waals surface area contributed by atoms with Gasteiger partial charge in [-0.1, -0.05) is 30.3 Å². The second-order valence-electron chi connectivity index (χ2n) is 8.18. The molecule has 7 nitrogen and oxygen atoms in total. The Bertz CT molecular complexity index is 1030. The average Bonchev–Trinajstić information content (AvgIpc) is 3.27. The number of H-pyrrole nitrogens is 1. The monoisotopic (exact) mass is 577 g/mol. The number of guanidine groups is 1. The van der Waals surface area contributed by atoms with Crippen LogP contribution >= 0.6 is 24.0 Å². The van der Waals surface area contributed by atoms with Crippen molar-refractivity contribution in [1.29, 1.82) is 0 Å². The summed E-state index contributed by atoms with van der Waals surface area (Å²) < 4.78 is 11.4. The second kappa shape index (κ2) is 14.2. The summed E-state index contributed by atoms with van der Waals surface area (Å²) in [7, 11) is 0. The summed E-state index contributed by atoms with van der Waals surface area (Å²) in [4.78, 5) is 10.5. The maximum absolute atomic E-state index is 5.98. The molecule has 1 saturated heterocycles. The minimum absolute atomic E-state index is 0. The van der Waals surface area contributed by atoms with Crippen molar-refractivity contribution in [2.75, 3.05) is 52.5 Å². The van der Waals surface area contributed by atoms with E-state index in [1.807, 2.05) is 12.1 Å². The van der Waals surface area contributed by atoms with E-state index in [4.69, 9.17) is 14.5 Å². The predicted octanol–water partition coefficient (Wildman–Crippen LogP) is 3.79. The molecule has 0 bridgehead atoms. The summed E-state index contributed by atoms with van der Waals surface area (Å²) in [5.74, 6) is 1.73. The Balaban J connectivity index is 0.00000324. The zero-order valence-electron chi connectivity index (χ0n) is 19.9. The molecule has 34 heavy (non-hydrogen) atoms. The number of rotatable bonds is 10. The summed E-state index contributed by atoms with van der Waals surface area (Å²) in [6.07, 6.45) is 3.03. The third-order valence-electron chi connectivity index (χ3n) is 5.80. The van der Waals surface area contributed by atoms with Gasteiger partial charge in [0.15, 0.2) is 5.96 Å². The highest BCUT2D eigenvalue weighted by atomic mass is 127. The highest BCUT2D eigenvalue weighted by Gasteiger charge is 2.10. The van der Waals surface area contributed by atoms with Crippen molar-refractivity contribution >= 4 is 40.8 Å². The molecule has 0 aliphatic carbocycles. The number of aliphatic imine (C=N–C) groups is 1. The van der Waals surface area contributed by atoms with Crippen molar-refractivity contribution in [3.05, 3.63) is 65.9 Å². The van der Waals surface area contributed by atoms with Gasteiger partial charge in [0, 0.05) is 49.8 Å². The van der Waals surface area contributed by atoms with Crippen LogP contribution in [0.4, 0.5) is 0 Å². The van der Waals surface area contributed by atoms with Crippen LogP contribution in [0, 0.1) is 0 Å². The molecule has 0 atom stereocenters. The summed E-state index contributed by atoms with van der Waals surface area (Å²) >= 11 is 0. The molecule has 184 valence electrons. The Morgan fingerprint density at radius 3 is 2.82 bits per heavy atom. The fraction of sp³-hybridized carbons (Fsp3) is 0.423. The summed E-state index contributed by atoms with van der Waals surface area (Å²) in [6.45, 7) is 9.54. The number of aromatic amines is 1. The molecule has 1 aliphatic heterocycles. The molecular weight excluding hydrogens is 541 g/mol. The lowest BCUT2D eigenvalue weighted by Crippen LogP contribution is -2.38. The average molecular weight is 578 g/mol. The quantitative estimate of drug-likeness (QED) is 0.194. The Morgan fingerprint density at radius 1 is 1.12 bits per heavy atom. The number of aromatic nitrogens is 1. The molecule has 0 spiro atoms. The first-order chi connectivity index (χ1) is 16.3. The molecule has 0 radical (unpaired) electrons. The first-order valence-electron chi connectivity index (χ1n) is 11.9. The van der Waals surface area contributed by atoms with Crippen LogP contribution in [0.25, 0.3) is 10.9 Å². The van der Waals surface area contributed by atoms with Crippen LogP contribution in [0.5, 0.6) is 5.75 Å². The minimum atomic E-state index is 0. The van der Waals surface area contributed by atoms with Gasteiger partial charge in [-0.3, -0.25) is 4.90 Å². The van der Waals surface area contributed by atoms with Crippen LogP contribution in [-0.4, -0.2) is 68.4 Å². The number of hydrogen-bond acceptors (Lipinski definition) is 4. The van der Waals surface area contributed by atoms with Crippen molar-refractivity contribution in [1.82, 2.24) is 20.5 Å². The molecule has 0 unspecified atom stereocenters. The van der Waals surface area contributed by atoms with Gasteiger partial charge in [-0.2, -0.15) is 0 Å². The van der Waals surface area contributed by atoms with E-state index in [0.717, 1.165) is 69.6 Å². The molecule has 3 aromatic rings. The molecule has 1 aliphatic rings. The van der Waals surface area contributed by atoms with Crippen LogP contribution in [0.2, 0.25) is 0 Å². The number of benzene rings is 2. The lowest BCUT2D eigenvalue weighted by atomic mass is 10.1. The number of para-hydroxylation sites is 1. The standard InChI is InChI=1S/C26H35N5O2.HI/c1-2-27-26(28-11-10-22-20-29-25-9-4-3-8-24(22)25)30-19-21-6-5-7-23(18-21)33-17-14-31-12-15-32-16-13-31;/h3-9,18,20,29H,2,10-17,19H2,1H3,(H2,27,28,30);1H. The fourth-order valence-corrected chi connectivity index (χ4v) is 4.02. The summed E-state index contributed by atoms with van der Waals surface area (Å²) in [5, 5.41) is 8.08. The van der Waals surface area contributed by atoms with Gasteiger partial charge in [0.25, 0.3) is 0 Å². The van der Waals surface area contributed by atoms with Crippen molar-refractivity contribution in [2.24, 2.45) is 4.99 Å². The van der Waals surface area contributed by atoms with E-state index in [1.54, 1.807) is 0 Å². The maximum Gasteiger partial charge on any atom is 0.191 e. The minimum Gasteiger partial charge on any atom is -0.492 e. The van der Waals surface area contributed by atoms with E-state index in [0.29, 0.717) is 13.2 Å². The Morgan fingerprint density at radius 2 is 1.97 bits per heavy atom. The Hall–Kier alpha value is -2.30. The van der Waals surface area contributed by atoms with E-state index < -0.39 is 0 Å². The van der Waals surface area contributed by atoms with Gasteiger partial charge < -0.3 is 25.1 Å². The lowest BCUT2D eigenvalue weighted by Gasteiger charge is -2.26. The van der Waals surface area contributed by atoms with E-state index in [2.05, 4.69) is 70.0 Å². The SMILES string of the molecule is CCNC(=NCc1cccc(OCCN2CCOCC2)c1)NCCc1c[nH]c2ccccc12.I. The Kier molecular flexibility index (Phi) is 11.0. The molecule has 0 saturated carbocycles. The van der Waals surface area contributed by atoms with E-state index >= 15 is 0 Å². The van der Waals surface area contributed by atoms with Crippen LogP contribution in [0.1, 0.15) is 18.1 Å². The molecule has 2 heterocycles. The number of halogens is 1. The fourth-order valence-electron chi connectivity index (χ4n) is 4.02. The molecule has 2 aromatic carbocycles. The zero-order valence-corrected chi connectivity index (χ0v) is 22.2. The largest absolute Gasteiger partial charge is 0.492 e. The van der Waals surface area contributed by atoms with Crippen LogP contribution in [-0.2, 0) is 17.7 Å². The maximum atomic E-state index is 5.98. The molecule has 8 heteroatoms. The van der Waals surface area contributed by atoms with Gasteiger partial charge in [0.1, 0.15) is 12.4 Å². The number of morpholine rings is 1. The van der Waals surface area contributed by atoms with Crippen LogP contribution in [0.3, 0.4) is 0 Å². The normalized spacial score (nSPS) is 14.6. The third kappa shape index (κ3) is 7.89. The smallest absolute Gasteiger partial charge is 0.191 e. The van der Waals surface area contributed by atoms with E-state index in [-0.39, 0.29) is 24.0 Å². The van der Waals surface area contributed by atoms with Gasteiger partial charge in [0.05, 0.1) is 19.8 Å². The third-order valence-corrected chi connectivity index (χ3v) is 5.80. The molecule has 0 amide bonds. The Labute approximate surface area is 219 Å². The topological polar surface area (TPSA) is 73.9 Å². The number of hydrogen-bond donors (Lipinski definition) is 3. The number of nitrogens with zero attached hydrogens (tertiary/aromatic N) is 2. The molecule has 3 N–H and O–H groups in total.